The number of anilines is 1. The molecule has 24 heavy (non-hydrogen) atoms. The van der Waals surface area contributed by atoms with Crippen LogP contribution in [0.15, 0.2) is 65.5 Å². The molecule has 0 heterocycles. The predicted octanol–water partition coefficient (Wildman–Crippen LogP) is 2.53. The van der Waals surface area contributed by atoms with E-state index in [1.807, 2.05) is 86.2 Å². The molecule has 0 spiro atoms. The number of aliphatic hydroxyl groups is 2. The van der Waals surface area contributed by atoms with E-state index in [0.29, 0.717) is 11.1 Å². The highest BCUT2D eigenvalue weighted by Crippen LogP contribution is 2.42. The van der Waals surface area contributed by atoms with Crippen LogP contribution in [0.25, 0.3) is 5.57 Å². The number of nitrogens with zero attached hydrogens (tertiary/aromatic N) is 2. The van der Waals surface area contributed by atoms with E-state index in [-0.39, 0.29) is 5.76 Å². The molecule has 0 fully saturated rings. The van der Waals surface area contributed by atoms with Gasteiger partial charge in [-0.15, -0.1) is 0 Å². The average molecular weight is 323 g/mol. The van der Waals surface area contributed by atoms with Crippen molar-refractivity contribution >= 4 is 17.0 Å². The fourth-order valence-corrected chi connectivity index (χ4v) is 2.94. The zero-order valence-corrected chi connectivity index (χ0v) is 14.5. The minimum absolute atomic E-state index is 0.178. The maximum absolute atomic E-state index is 10.5. The Morgan fingerprint density at radius 1 is 0.917 bits per heavy atom. The molecule has 2 aliphatic carbocycles. The van der Waals surface area contributed by atoms with Gasteiger partial charge in [0.05, 0.1) is 0 Å². The summed E-state index contributed by atoms with van der Waals surface area (Å²) in [6.07, 6.45) is 7.05. The largest absolute Gasteiger partial charge is 0.507 e. The van der Waals surface area contributed by atoms with Crippen LogP contribution in [0.1, 0.15) is 5.56 Å². The topological polar surface area (TPSA) is 46.7 Å². The van der Waals surface area contributed by atoms with E-state index in [9.17, 15) is 10.2 Å². The predicted molar refractivity (Wildman–Crippen MR) is 98.7 cm³/mol. The molecule has 124 valence electrons. The SMILES string of the molecule is CN(C)c1ccc(C2=C(O)C(=C3C=CC(=[N+](C)C)C=C3)C2O)cc1. The Kier molecular flexibility index (Phi) is 4.16. The number of benzene rings is 1. The summed E-state index contributed by atoms with van der Waals surface area (Å²) in [6.45, 7) is 0. The van der Waals surface area contributed by atoms with Crippen molar-refractivity contribution in [2.45, 2.75) is 6.10 Å². The lowest BCUT2D eigenvalue weighted by atomic mass is 9.78. The lowest BCUT2D eigenvalue weighted by molar-refractivity contribution is -0.462. The molecule has 0 saturated carbocycles. The summed E-state index contributed by atoms with van der Waals surface area (Å²) >= 11 is 0. The normalized spacial score (nSPS) is 19.7. The van der Waals surface area contributed by atoms with E-state index in [1.165, 1.54) is 0 Å². The van der Waals surface area contributed by atoms with Crippen molar-refractivity contribution in [3.8, 4) is 0 Å². The third-order valence-electron chi connectivity index (χ3n) is 4.45. The molecule has 2 aliphatic rings. The summed E-state index contributed by atoms with van der Waals surface area (Å²) in [5, 5.41) is 21.0. The van der Waals surface area contributed by atoms with Gasteiger partial charge in [-0.1, -0.05) is 12.1 Å². The molecule has 2 N–H and O–H groups in total. The first-order chi connectivity index (χ1) is 11.4. The van der Waals surface area contributed by atoms with E-state index >= 15 is 0 Å². The minimum Gasteiger partial charge on any atom is -0.507 e. The van der Waals surface area contributed by atoms with E-state index < -0.39 is 6.10 Å². The minimum atomic E-state index is -0.764. The molecular formula is C20H23N2O2+. The highest BCUT2D eigenvalue weighted by Gasteiger charge is 2.36. The first kappa shape index (κ1) is 16.3. The van der Waals surface area contributed by atoms with Crippen LogP contribution in [-0.2, 0) is 0 Å². The zero-order valence-electron chi connectivity index (χ0n) is 14.5. The van der Waals surface area contributed by atoms with Gasteiger partial charge in [0.25, 0.3) is 0 Å². The zero-order chi connectivity index (χ0) is 17.4. The third kappa shape index (κ3) is 2.69. The van der Waals surface area contributed by atoms with Gasteiger partial charge in [-0.3, -0.25) is 0 Å². The van der Waals surface area contributed by atoms with Crippen LogP contribution in [0.3, 0.4) is 0 Å². The number of rotatable bonds is 2. The molecule has 4 nitrogen and oxygen atoms in total. The van der Waals surface area contributed by atoms with Crippen molar-refractivity contribution in [3.63, 3.8) is 0 Å². The second-order valence-corrected chi connectivity index (χ2v) is 6.46. The molecule has 0 amide bonds. The average Bonchev–Trinajstić information content (AvgIpc) is 2.56. The Balaban J connectivity index is 1.94. The van der Waals surface area contributed by atoms with Crippen molar-refractivity contribution in [2.24, 2.45) is 0 Å². The van der Waals surface area contributed by atoms with E-state index in [4.69, 9.17) is 0 Å². The quantitative estimate of drug-likeness (QED) is 0.822. The number of aliphatic hydroxyl groups excluding tert-OH is 2. The fourth-order valence-electron chi connectivity index (χ4n) is 2.94. The molecule has 1 aromatic carbocycles. The summed E-state index contributed by atoms with van der Waals surface area (Å²) < 4.78 is 2.01. The maximum atomic E-state index is 10.5. The summed E-state index contributed by atoms with van der Waals surface area (Å²) in [5.74, 6) is 0.178. The van der Waals surface area contributed by atoms with E-state index in [0.717, 1.165) is 22.5 Å². The summed E-state index contributed by atoms with van der Waals surface area (Å²) in [4.78, 5) is 2.01. The summed E-state index contributed by atoms with van der Waals surface area (Å²) in [5.41, 5.74) is 5.03. The van der Waals surface area contributed by atoms with Crippen LogP contribution in [0, 0.1) is 0 Å². The fraction of sp³-hybridized carbons (Fsp3) is 0.250. The van der Waals surface area contributed by atoms with Gasteiger partial charge < -0.3 is 15.1 Å². The van der Waals surface area contributed by atoms with Crippen LogP contribution < -0.4 is 4.90 Å². The molecule has 4 heteroatoms. The molecular weight excluding hydrogens is 300 g/mol. The lowest BCUT2D eigenvalue weighted by Crippen LogP contribution is -2.28. The van der Waals surface area contributed by atoms with Crippen LogP contribution in [0.5, 0.6) is 0 Å². The first-order valence-corrected chi connectivity index (χ1v) is 7.94. The van der Waals surface area contributed by atoms with Crippen LogP contribution in [-0.4, -0.2) is 54.8 Å². The van der Waals surface area contributed by atoms with E-state index in [2.05, 4.69) is 0 Å². The van der Waals surface area contributed by atoms with Crippen molar-refractivity contribution in [3.05, 3.63) is 71.0 Å². The Hall–Kier alpha value is -2.59. The standard InChI is InChI=1S/C20H22N2O2/c1-21(2)15-9-5-13(6-10-15)17-19(23)18(20(17)24)14-7-11-16(12-8-14)22(3)4/h5-12,19,23H,1-4H3/p+1. The van der Waals surface area contributed by atoms with Crippen molar-refractivity contribution in [2.75, 3.05) is 33.1 Å². The molecule has 1 unspecified atom stereocenters. The molecule has 1 atom stereocenters. The second-order valence-electron chi connectivity index (χ2n) is 6.46. The molecule has 0 radical (unpaired) electrons. The summed E-state index contributed by atoms with van der Waals surface area (Å²) in [6, 6.07) is 7.81. The summed E-state index contributed by atoms with van der Waals surface area (Å²) in [7, 11) is 7.92. The van der Waals surface area contributed by atoms with Crippen molar-refractivity contribution in [1.29, 1.82) is 0 Å². The van der Waals surface area contributed by atoms with Crippen molar-refractivity contribution in [1.82, 2.24) is 0 Å². The van der Waals surface area contributed by atoms with Crippen LogP contribution in [0.2, 0.25) is 0 Å². The molecule has 1 aromatic rings. The smallest absolute Gasteiger partial charge is 0.199 e. The van der Waals surface area contributed by atoms with Gasteiger partial charge in [-0.2, -0.15) is 0 Å². The van der Waals surface area contributed by atoms with Gasteiger partial charge in [0.1, 0.15) is 26.0 Å². The number of hydrogen-bond donors (Lipinski definition) is 2. The Morgan fingerprint density at radius 2 is 1.50 bits per heavy atom. The van der Waals surface area contributed by atoms with Gasteiger partial charge in [-0.05, 0) is 35.4 Å². The first-order valence-electron chi connectivity index (χ1n) is 7.94. The molecule has 0 bridgehead atoms. The highest BCUT2D eigenvalue weighted by atomic mass is 16.3. The van der Waals surface area contributed by atoms with Crippen LogP contribution in [0.4, 0.5) is 5.69 Å². The maximum Gasteiger partial charge on any atom is 0.199 e. The molecule has 3 rings (SSSR count). The lowest BCUT2D eigenvalue weighted by Gasteiger charge is -2.31. The second kappa shape index (κ2) is 6.13. The number of hydrogen-bond acceptors (Lipinski definition) is 3. The van der Waals surface area contributed by atoms with Crippen molar-refractivity contribution < 1.29 is 14.8 Å². The highest BCUT2D eigenvalue weighted by molar-refractivity contribution is 6.02. The molecule has 0 aliphatic heterocycles. The monoisotopic (exact) mass is 323 g/mol. The molecule has 0 aromatic heterocycles. The van der Waals surface area contributed by atoms with Gasteiger partial charge in [0.2, 0.25) is 0 Å². The van der Waals surface area contributed by atoms with E-state index in [1.54, 1.807) is 0 Å². The van der Waals surface area contributed by atoms with Crippen LogP contribution >= 0.6 is 0 Å². The number of allylic oxidation sites excluding steroid dienone is 5. The van der Waals surface area contributed by atoms with Gasteiger partial charge in [0.15, 0.2) is 5.71 Å². The third-order valence-corrected chi connectivity index (χ3v) is 4.45. The Labute approximate surface area is 142 Å². The van der Waals surface area contributed by atoms with Gasteiger partial charge >= 0.3 is 0 Å². The Bertz CT molecular complexity index is 800. The molecule has 0 saturated heterocycles. The van der Waals surface area contributed by atoms with Gasteiger partial charge in [-0.25, -0.2) is 4.58 Å². The van der Waals surface area contributed by atoms with Gasteiger partial charge in [0, 0.05) is 43.1 Å². The Morgan fingerprint density at radius 3 is 1.96 bits per heavy atom.